The highest BCUT2D eigenvalue weighted by molar-refractivity contribution is 6.75. The summed E-state index contributed by atoms with van der Waals surface area (Å²) in [6.07, 6.45) is 3.40. The van der Waals surface area contributed by atoms with Gasteiger partial charge in [0.15, 0.2) is 8.32 Å². The Balaban J connectivity index is 0. The quantitative estimate of drug-likeness (QED) is 0.413. The molecule has 0 bridgehead atoms. The van der Waals surface area contributed by atoms with Crippen LogP contribution in [-0.4, -0.2) is 50.5 Å². The number of hydrogen-bond donors (Lipinski definition) is 2. The molecule has 5 nitrogen and oxygen atoms in total. The fourth-order valence-electron chi connectivity index (χ4n) is 3.33. The van der Waals surface area contributed by atoms with E-state index < -0.39 is 17.6 Å². The summed E-state index contributed by atoms with van der Waals surface area (Å²) in [7, 11) is -2.78. The molecule has 0 aromatic rings. The molecular weight excluding hydrogens is 348 g/mol. The maximum absolute atomic E-state index is 6.18. The van der Waals surface area contributed by atoms with Crippen molar-refractivity contribution >= 4 is 17.6 Å². The summed E-state index contributed by atoms with van der Waals surface area (Å²) >= 11 is 0. The zero-order valence-corrected chi connectivity index (χ0v) is 20.0. The molecule has 1 unspecified atom stereocenters. The van der Waals surface area contributed by atoms with Gasteiger partial charge < -0.3 is 24.7 Å². The van der Waals surface area contributed by atoms with Crippen molar-refractivity contribution in [3.63, 3.8) is 0 Å². The largest absolute Gasteiger partial charge is 0.417 e. The molecule has 0 fully saturated rings. The standard InChI is InChI=1S/C12H30N2OSi.C6H16O2Si/c1-4-15-16(5-2,6-3)12(9-11-14)8-7-10-13;1-4-7-9(6-3)8-5-2/h12H,4-11,13-14H2,1-3H3;9H,4-6H2,1-3H3. The van der Waals surface area contributed by atoms with Gasteiger partial charge >= 0.3 is 9.28 Å². The van der Waals surface area contributed by atoms with Crippen LogP contribution < -0.4 is 11.5 Å². The van der Waals surface area contributed by atoms with Crippen LogP contribution in [0.15, 0.2) is 0 Å². The van der Waals surface area contributed by atoms with E-state index in [1.54, 1.807) is 0 Å². The minimum absolute atomic E-state index is 0.691. The fourth-order valence-corrected chi connectivity index (χ4v) is 8.94. The van der Waals surface area contributed by atoms with Crippen molar-refractivity contribution in [2.45, 2.75) is 84.5 Å². The Morgan fingerprint density at radius 3 is 1.68 bits per heavy atom. The van der Waals surface area contributed by atoms with Gasteiger partial charge in [0.05, 0.1) is 0 Å². The SMILES string of the molecule is CCO[SiH](CC)OCC.CCO[Si](CC)(CC)C(CCN)CCCN. The molecule has 0 saturated heterocycles. The summed E-state index contributed by atoms with van der Waals surface area (Å²) in [5.74, 6) is 0. The van der Waals surface area contributed by atoms with E-state index in [-0.39, 0.29) is 0 Å². The van der Waals surface area contributed by atoms with Crippen LogP contribution in [0.2, 0.25) is 23.7 Å². The van der Waals surface area contributed by atoms with Gasteiger partial charge in [-0.15, -0.1) is 0 Å². The van der Waals surface area contributed by atoms with E-state index in [1.807, 2.05) is 13.8 Å². The van der Waals surface area contributed by atoms with Crippen LogP contribution >= 0.6 is 0 Å². The average Bonchev–Trinajstić information content (AvgIpc) is 2.63. The fraction of sp³-hybridized carbons (Fsp3) is 1.00. The molecule has 7 heteroatoms. The predicted molar refractivity (Wildman–Crippen MR) is 115 cm³/mol. The first-order chi connectivity index (χ1) is 12.0. The van der Waals surface area contributed by atoms with Crippen LogP contribution in [0.1, 0.15) is 60.8 Å². The third-order valence-corrected chi connectivity index (χ3v) is 12.1. The predicted octanol–water partition coefficient (Wildman–Crippen LogP) is 3.77. The molecule has 0 aliphatic heterocycles. The molecule has 0 aromatic carbocycles. The maximum atomic E-state index is 6.18. The lowest BCUT2D eigenvalue weighted by molar-refractivity contribution is 0.214. The monoisotopic (exact) mass is 394 g/mol. The molecular formula is C18H46N2O3Si2. The van der Waals surface area contributed by atoms with E-state index in [2.05, 4.69) is 27.7 Å². The van der Waals surface area contributed by atoms with Crippen molar-refractivity contribution in [2.24, 2.45) is 11.5 Å². The molecule has 25 heavy (non-hydrogen) atoms. The Bertz CT molecular complexity index is 265. The lowest BCUT2D eigenvalue weighted by Gasteiger charge is -2.37. The second-order valence-corrected chi connectivity index (χ2v) is 13.1. The molecule has 0 spiro atoms. The third-order valence-electron chi connectivity index (χ3n) is 4.68. The molecule has 0 saturated carbocycles. The van der Waals surface area contributed by atoms with Gasteiger partial charge in [-0.25, -0.2) is 0 Å². The third kappa shape index (κ3) is 12.3. The van der Waals surface area contributed by atoms with Crippen LogP contribution in [0.25, 0.3) is 0 Å². The molecule has 0 aromatic heterocycles. The van der Waals surface area contributed by atoms with Gasteiger partial charge in [-0.05, 0) is 76.8 Å². The van der Waals surface area contributed by atoms with E-state index in [9.17, 15) is 0 Å². The highest BCUT2D eigenvalue weighted by atomic mass is 28.4. The van der Waals surface area contributed by atoms with Crippen molar-refractivity contribution < 1.29 is 13.3 Å². The summed E-state index contributed by atoms with van der Waals surface area (Å²) < 4.78 is 16.9. The summed E-state index contributed by atoms with van der Waals surface area (Å²) in [4.78, 5) is 0. The Hall–Kier alpha value is 0.234. The van der Waals surface area contributed by atoms with Crippen molar-refractivity contribution in [3.8, 4) is 0 Å². The average molecular weight is 395 g/mol. The minimum Gasteiger partial charge on any atom is -0.417 e. The number of nitrogens with two attached hydrogens (primary N) is 2. The first kappa shape index (κ1) is 27.5. The molecule has 0 aliphatic carbocycles. The highest BCUT2D eigenvalue weighted by Crippen LogP contribution is 2.36. The van der Waals surface area contributed by atoms with Gasteiger partial charge in [0, 0.05) is 19.8 Å². The van der Waals surface area contributed by atoms with E-state index in [4.69, 9.17) is 24.7 Å². The molecule has 1 atom stereocenters. The maximum Gasteiger partial charge on any atom is 0.321 e. The summed E-state index contributed by atoms with van der Waals surface area (Å²) in [6, 6.07) is 3.47. The molecule has 0 heterocycles. The van der Waals surface area contributed by atoms with Gasteiger partial charge in [-0.3, -0.25) is 0 Å². The molecule has 4 N–H and O–H groups in total. The van der Waals surface area contributed by atoms with E-state index >= 15 is 0 Å². The minimum atomic E-state index is -1.57. The normalized spacial score (nSPS) is 12.8. The zero-order chi connectivity index (χ0) is 19.6. The highest BCUT2D eigenvalue weighted by Gasteiger charge is 2.38. The van der Waals surface area contributed by atoms with Crippen molar-refractivity contribution in [2.75, 3.05) is 32.9 Å². The summed E-state index contributed by atoms with van der Waals surface area (Å²) in [6.45, 7) is 16.8. The zero-order valence-electron chi connectivity index (χ0n) is 17.8. The van der Waals surface area contributed by atoms with Gasteiger partial charge in [0.25, 0.3) is 0 Å². The Morgan fingerprint density at radius 2 is 1.36 bits per heavy atom. The van der Waals surface area contributed by atoms with Gasteiger partial charge in [0.1, 0.15) is 0 Å². The first-order valence-electron chi connectivity index (χ1n) is 10.3. The Labute approximate surface area is 160 Å². The Kier molecular flexibility index (Phi) is 20.9. The number of rotatable bonds is 15. The lowest BCUT2D eigenvalue weighted by Crippen LogP contribution is -2.43. The van der Waals surface area contributed by atoms with Crippen molar-refractivity contribution in [1.82, 2.24) is 0 Å². The molecule has 0 amide bonds. The molecule has 0 radical (unpaired) electrons. The summed E-state index contributed by atoms with van der Waals surface area (Å²) in [5.41, 5.74) is 12.0. The van der Waals surface area contributed by atoms with Gasteiger partial charge in [-0.1, -0.05) is 20.8 Å². The molecule has 154 valence electrons. The smallest absolute Gasteiger partial charge is 0.321 e. The van der Waals surface area contributed by atoms with Crippen LogP contribution in [0.4, 0.5) is 0 Å². The van der Waals surface area contributed by atoms with E-state index in [0.717, 1.165) is 51.8 Å². The van der Waals surface area contributed by atoms with Crippen molar-refractivity contribution in [1.29, 1.82) is 0 Å². The first-order valence-corrected chi connectivity index (χ1v) is 14.5. The van der Waals surface area contributed by atoms with Crippen LogP contribution in [0, 0.1) is 0 Å². The number of hydrogen-bond acceptors (Lipinski definition) is 5. The van der Waals surface area contributed by atoms with Crippen LogP contribution in [-0.2, 0) is 13.3 Å². The molecule has 0 aliphatic rings. The van der Waals surface area contributed by atoms with Crippen LogP contribution in [0.3, 0.4) is 0 Å². The molecule has 0 rings (SSSR count). The lowest BCUT2D eigenvalue weighted by atomic mass is 10.2. The van der Waals surface area contributed by atoms with E-state index in [1.165, 1.54) is 18.5 Å². The van der Waals surface area contributed by atoms with Gasteiger partial charge in [-0.2, -0.15) is 0 Å². The van der Waals surface area contributed by atoms with E-state index in [0.29, 0.717) is 5.54 Å². The van der Waals surface area contributed by atoms with Gasteiger partial charge in [0.2, 0.25) is 0 Å². The second kappa shape index (κ2) is 19.0. The topological polar surface area (TPSA) is 79.7 Å². The second-order valence-electron chi connectivity index (χ2n) is 6.16. The Morgan fingerprint density at radius 1 is 0.800 bits per heavy atom. The van der Waals surface area contributed by atoms with Crippen LogP contribution in [0.5, 0.6) is 0 Å². The van der Waals surface area contributed by atoms with Crippen molar-refractivity contribution in [3.05, 3.63) is 0 Å². The summed E-state index contributed by atoms with van der Waals surface area (Å²) in [5, 5.41) is 0.